The lowest BCUT2D eigenvalue weighted by atomic mass is 10.3. The number of hydrogen-bond donors (Lipinski definition) is 1. The number of ether oxygens (including phenoxy) is 1. The summed E-state index contributed by atoms with van der Waals surface area (Å²) in [5.74, 6) is 0.655. The lowest BCUT2D eigenvalue weighted by Gasteiger charge is -2.05. The van der Waals surface area contributed by atoms with Crippen molar-refractivity contribution in [3.63, 3.8) is 0 Å². The van der Waals surface area contributed by atoms with Gasteiger partial charge in [-0.3, -0.25) is 0 Å². The topological polar surface area (TPSA) is 50.8 Å². The summed E-state index contributed by atoms with van der Waals surface area (Å²) in [5, 5.41) is 1.47. The van der Waals surface area contributed by atoms with E-state index in [2.05, 4.69) is 15.0 Å². The van der Waals surface area contributed by atoms with Gasteiger partial charge in [0.05, 0.1) is 21.3 Å². The van der Waals surface area contributed by atoms with Crippen molar-refractivity contribution in [3.8, 4) is 16.3 Å². The van der Waals surface area contributed by atoms with Crippen molar-refractivity contribution in [3.05, 3.63) is 57.0 Å². The molecular weight excluding hydrogens is 338 g/mol. The molecule has 1 N–H and O–H groups in total. The first-order chi connectivity index (χ1) is 10.6. The van der Waals surface area contributed by atoms with Gasteiger partial charge in [-0.05, 0) is 37.3 Å². The number of aromatic nitrogens is 3. The van der Waals surface area contributed by atoms with E-state index >= 15 is 0 Å². The Morgan fingerprint density at radius 2 is 2.14 bits per heavy atom. The van der Waals surface area contributed by atoms with Gasteiger partial charge in [0.25, 0.3) is 0 Å². The fraction of sp³-hybridized carbons (Fsp3) is 0.133. The van der Waals surface area contributed by atoms with E-state index in [-0.39, 0.29) is 0 Å². The van der Waals surface area contributed by atoms with E-state index in [0.717, 1.165) is 21.3 Å². The van der Waals surface area contributed by atoms with Gasteiger partial charge < -0.3 is 9.72 Å². The molecule has 0 atom stereocenters. The Morgan fingerprint density at radius 1 is 1.32 bits per heavy atom. The number of H-pyrrole nitrogens is 1. The Morgan fingerprint density at radius 3 is 2.91 bits per heavy atom. The zero-order chi connectivity index (χ0) is 15.5. The first-order valence-electron chi connectivity index (χ1n) is 6.53. The highest BCUT2D eigenvalue weighted by Gasteiger charge is 2.11. The summed E-state index contributed by atoms with van der Waals surface area (Å²) in [4.78, 5) is 12.6. The number of halogens is 1. The first kappa shape index (κ1) is 15.1. The molecule has 0 aliphatic rings. The maximum absolute atomic E-state index is 6.07. The highest BCUT2D eigenvalue weighted by atomic mass is 35.5. The summed E-state index contributed by atoms with van der Waals surface area (Å²) in [6, 6.07) is 9.27. The molecule has 0 radical (unpaired) electrons. The zero-order valence-electron chi connectivity index (χ0n) is 11.7. The van der Waals surface area contributed by atoms with Gasteiger partial charge in [-0.25, -0.2) is 9.97 Å². The van der Waals surface area contributed by atoms with Crippen LogP contribution in [-0.4, -0.2) is 15.0 Å². The standard InChI is InChI=1S/C15H12ClN3OS2/c1-9-14(11-6-7-17-15(21)19-11)22-13(18-9)8-20-12-5-3-2-4-10(12)16/h2-7H,8H2,1H3,(H,17,19,21). The Labute approximate surface area is 141 Å². The quantitative estimate of drug-likeness (QED) is 0.687. The molecule has 22 heavy (non-hydrogen) atoms. The summed E-state index contributed by atoms with van der Waals surface area (Å²) in [6.07, 6.45) is 1.69. The Bertz CT molecular complexity index is 860. The number of hydrogen-bond acceptors (Lipinski definition) is 5. The SMILES string of the molecule is Cc1nc(COc2ccccc2Cl)sc1-c1ccnc(=S)[nH]1. The fourth-order valence-corrected chi connectivity index (χ4v) is 3.29. The lowest BCUT2D eigenvalue weighted by Crippen LogP contribution is -1.95. The molecule has 2 heterocycles. The van der Waals surface area contributed by atoms with Gasteiger partial charge in [0.1, 0.15) is 17.4 Å². The summed E-state index contributed by atoms with van der Waals surface area (Å²) in [7, 11) is 0. The van der Waals surface area contributed by atoms with E-state index in [4.69, 9.17) is 28.6 Å². The Balaban J connectivity index is 1.81. The van der Waals surface area contributed by atoms with Crippen LogP contribution in [0.1, 0.15) is 10.7 Å². The van der Waals surface area contributed by atoms with E-state index in [9.17, 15) is 0 Å². The lowest BCUT2D eigenvalue weighted by molar-refractivity contribution is 0.305. The minimum absolute atomic E-state index is 0.376. The first-order valence-corrected chi connectivity index (χ1v) is 8.13. The van der Waals surface area contributed by atoms with Gasteiger partial charge in [-0.1, -0.05) is 23.7 Å². The summed E-state index contributed by atoms with van der Waals surface area (Å²) < 4.78 is 6.18. The number of benzene rings is 1. The van der Waals surface area contributed by atoms with Crippen molar-refractivity contribution in [1.29, 1.82) is 0 Å². The molecule has 0 saturated heterocycles. The number of para-hydroxylation sites is 1. The largest absolute Gasteiger partial charge is 0.485 e. The van der Waals surface area contributed by atoms with Crippen LogP contribution in [0.2, 0.25) is 5.02 Å². The highest BCUT2D eigenvalue weighted by molar-refractivity contribution is 7.71. The third kappa shape index (κ3) is 3.35. The summed E-state index contributed by atoms with van der Waals surface area (Å²) >= 11 is 12.7. The molecule has 0 aliphatic heterocycles. The molecule has 0 fully saturated rings. The smallest absolute Gasteiger partial charge is 0.197 e. The van der Waals surface area contributed by atoms with Crippen molar-refractivity contribution in [2.75, 3.05) is 0 Å². The van der Waals surface area contributed by atoms with Crippen molar-refractivity contribution in [1.82, 2.24) is 15.0 Å². The van der Waals surface area contributed by atoms with Crippen LogP contribution in [0.3, 0.4) is 0 Å². The molecule has 3 aromatic rings. The van der Waals surface area contributed by atoms with Crippen molar-refractivity contribution in [2.45, 2.75) is 13.5 Å². The fourth-order valence-electron chi connectivity index (χ4n) is 1.97. The average molecular weight is 350 g/mol. The molecular formula is C15H12ClN3OS2. The van der Waals surface area contributed by atoms with E-state index in [1.807, 2.05) is 31.2 Å². The second kappa shape index (κ2) is 6.56. The van der Waals surface area contributed by atoms with Gasteiger partial charge in [0.2, 0.25) is 0 Å². The third-order valence-electron chi connectivity index (χ3n) is 2.95. The summed E-state index contributed by atoms with van der Waals surface area (Å²) in [5.41, 5.74) is 1.85. The molecule has 0 spiro atoms. The predicted molar refractivity (Wildman–Crippen MR) is 91.1 cm³/mol. The predicted octanol–water partition coefficient (Wildman–Crippen LogP) is 4.80. The van der Waals surface area contributed by atoms with Gasteiger partial charge in [-0.15, -0.1) is 11.3 Å². The number of nitrogens with one attached hydrogen (secondary N) is 1. The molecule has 0 unspecified atom stereocenters. The molecule has 0 bridgehead atoms. The van der Waals surface area contributed by atoms with Crippen LogP contribution in [0.25, 0.3) is 10.6 Å². The van der Waals surface area contributed by atoms with Crippen LogP contribution in [-0.2, 0) is 6.61 Å². The molecule has 3 rings (SSSR count). The zero-order valence-corrected chi connectivity index (χ0v) is 14.1. The van der Waals surface area contributed by atoms with Crippen LogP contribution in [0, 0.1) is 11.7 Å². The van der Waals surface area contributed by atoms with Crippen LogP contribution in [0.4, 0.5) is 0 Å². The molecule has 1 aromatic carbocycles. The Kier molecular flexibility index (Phi) is 4.52. The second-order valence-electron chi connectivity index (χ2n) is 4.53. The third-order valence-corrected chi connectivity index (χ3v) is 4.63. The highest BCUT2D eigenvalue weighted by Crippen LogP contribution is 2.30. The monoisotopic (exact) mass is 349 g/mol. The number of thiazole rings is 1. The molecule has 4 nitrogen and oxygen atoms in total. The van der Waals surface area contributed by atoms with Gasteiger partial charge in [0.15, 0.2) is 4.77 Å². The van der Waals surface area contributed by atoms with Crippen LogP contribution in [0.5, 0.6) is 5.75 Å². The van der Waals surface area contributed by atoms with E-state index < -0.39 is 0 Å². The van der Waals surface area contributed by atoms with Crippen LogP contribution in [0.15, 0.2) is 36.5 Å². The van der Waals surface area contributed by atoms with Crippen LogP contribution >= 0.6 is 35.2 Å². The molecule has 0 amide bonds. The number of nitrogens with zero attached hydrogens (tertiary/aromatic N) is 2. The molecule has 112 valence electrons. The average Bonchev–Trinajstić information content (AvgIpc) is 2.87. The van der Waals surface area contributed by atoms with Crippen molar-refractivity contribution < 1.29 is 4.74 Å². The maximum Gasteiger partial charge on any atom is 0.197 e. The van der Waals surface area contributed by atoms with E-state index in [0.29, 0.717) is 22.2 Å². The minimum atomic E-state index is 0.376. The van der Waals surface area contributed by atoms with E-state index in [1.165, 1.54) is 0 Å². The van der Waals surface area contributed by atoms with E-state index in [1.54, 1.807) is 23.6 Å². The molecule has 0 aliphatic carbocycles. The second-order valence-corrected chi connectivity index (χ2v) is 6.41. The van der Waals surface area contributed by atoms with Gasteiger partial charge in [-0.2, -0.15) is 0 Å². The van der Waals surface area contributed by atoms with Gasteiger partial charge in [0, 0.05) is 6.20 Å². The molecule has 7 heteroatoms. The number of rotatable bonds is 4. The Hall–Kier alpha value is -1.76. The molecule has 2 aromatic heterocycles. The minimum Gasteiger partial charge on any atom is -0.485 e. The molecule has 0 saturated carbocycles. The van der Waals surface area contributed by atoms with Gasteiger partial charge >= 0.3 is 0 Å². The van der Waals surface area contributed by atoms with Crippen LogP contribution < -0.4 is 4.74 Å². The number of aryl methyl sites for hydroxylation is 1. The summed E-state index contributed by atoms with van der Waals surface area (Å²) in [6.45, 7) is 2.34. The van der Waals surface area contributed by atoms with Crippen molar-refractivity contribution >= 4 is 35.2 Å². The van der Waals surface area contributed by atoms with Crippen molar-refractivity contribution in [2.24, 2.45) is 0 Å². The maximum atomic E-state index is 6.07. The normalized spacial score (nSPS) is 10.6. The number of aromatic amines is 1.